The van der Waals surface area contributed by atoms with Crippen LogP contribution in [0.25, 0.3) is 28.0 Å². The zero-order valence-electron chi connectivity index (χ0n) is 15.0. The van der Waals surface area contributed by atoms with Crippen molar-refractivity contribution in [1.29, 1.82) is 5.26 Å². The first-order chi connectivity index (χ1) is 14.2. The van der Waals surface area contributed by atoms with Crippen LogP contribution in [0.2, 0.25) is 0 Å². The first-order valence-corrected chi connectivity index (χ1v) is 8.49. The van der Waals surface area contributed by atoms with E-state index in [1.807, 2.05) is 6.07 Å². The van der Waals surface area contributed by atoms with Crippen molar-refractivity contribution in [3.05, 3.63) is 60.9 Å². The van der Waals surface area contributed by atoms with Gasteiger partial charge in [-0.2, -0.15) is 32.3 Å². The van der Waals surface area contributed by atoms with Crippen molar-refractivity contribution < 1.29 is 22.0 Å². The largest absolute Gasteiger partial charge is 0.455 e. The minimum Gasteiger partial charge on any atom is -0.307 e. The summed E-state index contributed by atoms with van der Waals surface area (Å²) < 4.78 is 66.4. The molecule has 0 N–H and O–H groups in total. The van der Waals surface area contributed by atoms with Crippen molar-refractivity contribution >= 4 is 5.65 Å². The van der Waals surface area contributed by atoms with Crippen LogP contribution in [-0.2, 0) is 6.54 Å². The second-order valence-electron chi connectivity index (χ2n) is 6.44. The van der Waals surface area contributed by atoms with Crippen molar-refractivity contribution in [2.75, 3.05) is 0 Å². The summed E-state index contributed by atoms with van der Waals surface area (Å²) in [7, 11) is 0. The maximum Gasteiger partial charge on any atom is 0.455 e. The summed E-state index contributed by atoms with van der Waals surface area (Å²) >= 11 is 0. The van der Waals surface area contributed by atoms with Gasteiger partial charge < -0.3 is 4.40 Å². The summed E-state index contributed by atoms with van der Waals surface area (Å²) in [5.74, 6) is -4.92. The zero-order valence-corrected chi connectivity index (χ0v) is 15.0. The van der Waals surface area contributed by atoms with Gasteiger partial charge in [-0.05, 0) is 24.3 Å². The van der Waals surface area contributed by atoms with E-state index in [9.17, 15) is 27.2 Å². The number of nitrogens with zero attached hydrogens (tertiary/aromatic N) is 6. The third-order valence-corrected chi connectivity index (χ3v) is 4.40. The molecule has 0 radical (unpaired) electrons. The second kappa shape index (κ2) is 6.91. The topological polar surface area (TPSA) is 71.8 Å². The fraction of sp³-hybridized carbons (Fsp3) is 0.158. The summed E-state index contributed by atoms with van der Waals surface area (Å²) in [6.07, 6.45) is 1.65. The fourth-order valence-corrected chi connectivity index (χ4v) is 2.91. The van der Waals surface area contributed by atoms with Crippen LogP contribution in [0, 0.1) is 11.3 Å². The summed E-state index contributed by atoms with van der Waals surface area (Å²) in [5, 5.41) is 12.8. The Kier molecular flexibility index (Phi) is 4.49. The summed E-state index contributed by atoms with van der Waals surface area (Å²) in [6.45, 7) is -1.64. The fourth-order valence-electron chi connectivity index (χ4n) is 2.91. The lowest BCUT2D eigenvalue weighted by Gasteiger charge is -2.19. The number of halogens is 5. The Bertz CT molecular complexity index is 1260. The van der Waals surface area contributed by atoms with Gasteiger partial charge in [0, 0.05) is 41.5 Å². The molecule has 4 aromatic rings. The highest BCUT2D eigenvalue weighted by atomic mass is 19.4. The number of nitriles is 1. The molecule has 0 bridgehead atoms. The molecule has 0 aromatic carbocycles. The number of pyridine rings is 2. The predicted octanol–water partition coefficient (Wildman–Crippen LogP) is 4.33. The molecular formula is C19H11F5N6. The van der Waals surface area contributed by atoms with Crippen LogP contribution >= 0.6 is 0 Å². The van der Waals surface area contributed by atoms with Crippen LogP contribution in [0.5, 0.6) is 0 Å². The maximum atomic E-state index is 13.3. The van der Waals surface area contributed by atoms with Gasteiger partial charge in [-0.1, -0.05) is 0 Å². The Morgan fingerprint density at radius 1 is 1.03 bits per heavy atom. The van der Waals surface area contributed by atoms with Crippen LogP contribution in [0.4, 0.5) is 22.0 Å². The average Bonchev–Trinajstić information content (AvgIpc) is 3.35. The Morgan fingerprint density at radius 3 is 2.57 bits per heavy atom. The first kappa shape index (κ1) is 19.5. The number of alkyl halides is 5. The van der Waals surface area contributed by atoms with E-state index in [-0.39, 0.29) is 11.3 Å². The van der Waals surface area contributed by atoms with E-state index < -0.39 is 18.6 Å². The molecular weight excluding hydrogens is 407 g/mol. The maximum absolute atomic E-state index is 13.3. The molecule has 0 unspecified atom stereocenters. The molecule has 0 spiro atoms. The number of aromatic nitrogens is 5. The average molecular weight is 418 g/mol. The monoisotopic (exact) mass is 418 g/mol. The lowest BCUT2D eigenvalue weighted by molar-refractivity contribution is -0.287. The van der Waals surface area contributed by atoms with Gasteiger partial charge in [0.05, 0.1) is 11.9 Å². The highest BCUT2D eigenvalue weighted by molar-refractivity contribution is 5.81. The van der Waals surface area contributed by atoms with Gasteiger partial charge in [0.25, 0.3) is 0 Å². The third kappa shape index (κ3) is 3.47. The highest BCUT2D eigenvalue weighted by Gasteiger charge is 2.57. The predicted molar refractivity (Wildman–Crippen MR) is 95.4 cm³/mol. The number of hydrogen-bond acceptors (Lipinski definition) is 4. The van der Waals surface area contributed by atoms with E-state index in [2.05, 4.69) is 15.1 Å². The smallest absolute Gasteiger partial charge is 0.307 e. The SMILES string of the molecule is N#Cc1ccc(-c2cnn(CC(F)(F)C(F)(F)F)c2)c(-c2ccn3ccnc3c2)n1. The molecule has 0 amide bonds. The van der Waals surface area contributed by atoms with E-state index in [1.54, 1.807) is 41.2 Å². The molecule has 0 aliphatic carbocycles. The molecule has 30 heavy (non-hydrogen) atoms. The molecule has 4 aromatic heterocycles. The van der Waals surface area contributed by atoms with E-state index in [0.29, 0.717) is 27.1 Å². The highest BCUT2D eigenvalue weighted by Crippen LogP contribution is 2.37. The molecule has 0 aliphatic rings. The Labute approximate surface area is 165 Å². The summed E-state index contributed by atoms with van der Waals surface area (Å²) in [4.78, 5) is 8.47. The Morgan fingerprint density at radius 2 is 1.83 bits per heavy atom. The van der Waals surface area contributed by atoms with Crippen molar-refractivity contribution in [2.24, 2.45) is 0 Å². The molecule has 0 fully saturated rings. The second-order valence-corrected chi connectivity index (χ2v) is 6.44. The Balaban J connectivity index is 1.77. The van der Waals surface area contributed by atoms with Crippen molar-refractivity contribution in [3.8, 4) is 28.5 Å². The van der Waals surface area contributed by atoms with Crippen molar-refractivity contribution in [1.82, 2.24) is 24.1 Å². The molecule has 4 heterocycles. The molecule has 4 rings (SSSR count). The van der Waals surface area contributed by atoms with Crippen LogP contribution in [0.3, 0.4) is 0 Å². The quantitative estimate of drug-likeness (QED) is 0.463. The number of hydrogen-bond donors (Lipinski definition) is 0. The number of imidazole rings is 1. The number of fused-ring (bicyclic) bond motifs is 1. The minimum absolute atomic E-state index is 0.118. The first-order valence-electron chi connectivity index (χ1n) is 8.49. The van der Waals surface area contributed by atoms with Crippen LogP contribution in [0.15, 0.2) is 55.2 Å². The van der Waals surface area contributed by atoms with E-state index in [0.717, 1.165) is 6.20 Å². The van der Waals surface area contributed by atoms with E-state index in [1.165, 1.54) is 12.3 Å². The van der Waals surface area contributed by atoms with Gasteiger partial charge in [-0.3, -0.25) is 4.68 Å². The molecule has 152 valence electrons. The zero-order chi connectivity index (χ0) is 21.5. The van der Waals surface area contributed by atoms with E-state index in [4.69, 9.17) is 0 Å². The molecule has 11 heteroatoms. The van der Waals surface area contributed by atoms with Gasteiger partial charge in [-0.15, -0.1) is 0 Å². The van der Waals surface area contributed by atoms with Crippen LogP contribution < -0.4 is 0 Å². The summed E-state index contributed by atoms with van der Waals surface area (Å²) in [6, 6.07) is 8.33. The number of rotatable bonds is 4. The van der Waals surface area contributed by atoms with Gasteiger partial charge in [-0.25, -0.2) is 9.97 Å². The lowest BCUT2D eigenvalue weighted by Crippen LogP contribution is -2.40. The normalized spacial score (nSPS) is 12.3. The lowest BCUT2D eigenvalue weighted by atomic mass is 10.0. The standard InChI is InChI=1S/C19H11F5N6/c20-18(21,19(22,23)24)11-30-10-13(9-27-30)15-2-1-14(8-25)28-17(15)12-3-5-29-6-4-26-16(29)7-12/h1-7,9-10H,11H2. The Hall–Kier alpha value is -3.81. The molecule has 6 nitrogen and oxygen atoms in total. The van der Waals surface area contributed by atoms with Crippen LogP contribution in [0.1, 0.15) is 5.69 Å². The van der Waals surface area contributed by atoms with E-state index >= 15 is 0 Å². The van der Waals surface area contributed by atoms with Gasteiger partial charge in [0.15, 0.2) is 0 Å². The van der Waals surface area contributed by atoms with Gasteiger partial charge in [0.1, 0.15) is 24.0 Å². The van der Waals surface area contributed by atoms with Gasteiger partial charge in [0.2, 0.25) is 0 Å². The third-order valence-electron chi connectivity index (χ3n) is 4.40. The van der Waals surface area contributed by atoms with Gasteiger partial charge >= 0.3 is 12.1 Å². The molecule has 0 atom stereocenters. The summed E-state index contributed by atoms with van der Waals surface area (Å²) in [5.41, 5.74) is 2.38. The molecule has 0 saturated heterocycles. The van der Waals surface area contributed by atoms with Crippen molar-refractivity contribution in [2.45, 2.75) is 18.6 Å². The van der Waals surface area contributed by atoms with Crippen molar-refractivity contribution in [3.63, 3.8) is 0 Å². The molecule has 0 saturated carbocycles. The molecule has 0 aliphatic heterocycles. The minimum atomic E-state index is -5.68. The van der Waals surface area contributed by atoms with Crippen LogP contribution in [-0.4, -0.2) is 36.2 Å².